The Bertz CT molecular complexity index is 868. The number of hydrogen-bond donors (Lipinski definition) is 1. The van der Waals surface area contributed by atoms with Crippen LogP contribution in [0.4, 0.5) is 20.0 Å². The number of hydrogen-bond acceptors (Lipinski definition) is 5. The summed E-state index contributed by atoms with van der Waals surface area (Å²) in [5.41, 5.74) is 0.790. The van der Waals surface area contributed by atoms with Gasteiger partial charge in [0.25, 0.3) is 0 Å². The van der Waals surface area contributed by atoms with Crippen LogP contribution in [0.15, 0.2) is 28.6 Å². The van der Waals surface area contributed by atoms with Gasteiger partial charge in [-0.05, 0) is 31.4 Å². The second-order valence-corrected chi connectivity index (χ2v) is 8.99. The van der Waals surface area contributed by atoms with Gasteiger partial charge < -0.3 is 5.11 Å². The Morgan fingerprint density at radius 2 is 2.07 bits per heavy atom. The zero-order valence-corrected chi connectivity index (χ0v) is 17.4. The molecule has 0 bridgehead atoms. The van der Waals surface area contributed by atoms with Crippen molar-refractivity contribution < 1.29 is 19.1 Å². The number of rotatable bonds is 6. The van der Waals surface area contributed by atoms with Gasteiger partial charge in [0.15, 0.2) is 5.13 Å². The third-order valence-electron chi connectivity index (χ3n) is 4.71. The summed E-state index contributed by atoms with van der Waals surface area (Å²) in [7, 11) is 1.61. The maximum atomic E-state index is 14.8. The van der Waals surface area contributed by atoms with Crippen molar-refractivity contribution in [1.82, 2.24) is 4.98 Å². The number of aliphatic carboxylic acids is 1. The molecular weight excluding hydrogens is 401 g/mol. The van der Waals surface area contributed by atoms with Gasteiger partial charge in [-0.15, -0.1) is 11.8 Å². The predicted molar refractivity (Wildman–Crippen MR) is 110 cm³/mol. The maximum Gasteiger partial charge on any atom is 0.330 e. The van der Waals surface area contributed by atoms with Crippen molar-refractivity contribution in [3.05, 3.63) is 35.8 Å². The monoisotopic (exact) mass is 423 g/mol. The highest BCUT2D eigenvalue weighted by Gasteiger charge is 2.33. The number of carbonyl (C=O) groups is 2. The van der Waals surface area contributed by atoms with Gasteiger partial charge in [0.2, 0.25) is 0 Å². The zero-order chi connectivity index (χ0) is 20.3. The fraction of sp³-hybridized carbons (Fsp3) is 0.421. The maximum absolute atomic E-state index is 14.8. The first-order valence-corrected chi connectivity index (χ1v) is 10.8. The van der Waals surface area contributed by atoms with Gasteiger partial charge in [-0.2, -0.15) is 0 Å². The van der Waals surface area contributed by atoms with E-state index in [1.54, 1.807) is 43.3 Å². The Morgan fingerprint density at radius 3 is 2.75 bits per heavy atom. The number of anilines is 2. The molecule has 2 aromatic rings. The molecule has 0 atom stereocenters. The van der Waals surface area contributed by atoms with E-state index in [0.717, 1.165) is 37.4 Å². The van der Waals surface area contributed by atoms with Crippen LogP contribution in [0.3, 0.4) is 0 Å². The Hall–Kier alpha value is -2.13. The highest BCUT2D eigenvalue weighted by molar-refractivity contribution is 8.01. The normalized spacial score (nSPS) is 14.2. The van der Waals surface area contributed by atoms with Crippen LogP contribution in [-0.4, -0.2) is 40.9 Å². The van der Waals surface area contributed by atoms with Crippen LogP contribution >= 0.6 is 23.1 Å². The number of benzene rings is 1. The van der Waals surface area contributed by atoms with E-state index >= 15 is 0 Å². The molecule has 1 aliphatic rings. The SMILES string of the molecule is Cc1cccc(N(C(=O)N(C)c2ncc(SCC(=O)O)s2)C2CCCC2)c1F. The van der Waals surface area contributed by atoms with Gasteiger partial charge in [-0.1, -0.05) is 36.3 Å². The average Bonchev–Trinajstić information content (AvgIpc) is 3.35. The van der Waals surface area contributed by atoms with Crippen molar-refractivity contribution in [2.75, 3.05) is 22.6 Å². The van der Waals surface area contributed by atoms with Gasteiger partial charge in [0, 0.05) is 13.1 Å². The molecule has 1 aliphatic carbocycles. The summed E-state index contributed by atoms with van der Waals surface area (Å²) in [6, 6.07) is 4.70. The number of thioether (sulfide) groups is 1. The number of carbonyl (C=O) groups excluding carboxylic acids is 1. The second-order valence-electron chi connectivity index (χ2n) is 6.70. The zero-order valence-electron chi connectivity index (χ0n) is 15.7. The largest absolute Gasteiger partial charge is 0.481 e. The molecule has 2 amide bonds. The second kappa shape index (κ2) is 8.91. The summed E-state index contributed by atoms with van der Waals surface area (Å²) in [5.74, 6) is -1.36. The van der Waals surface area contributed by atoms with Crippen molar-refractivity contribution in [2.45, 2.75) is 42.9 Å². The van der Waals surface area contributed by atoms with Crippen molar-refractivity contribution in [3.8, 4) is 0 Å². The quantitative estimate of drug-likeness (QED) is 0.678. The summed E-state index contributed by atoms with van der Waals surface area (Å²) < 4.78 is 15.5. The molecule has 28 heavy (non-hydrogen) atoms. The standard InChI is InChI=1S/C19H22FN3O3S2/c1-12-6-5-9-14(17(12)20)23(13-7-3-4-8-13)19(26)22(2)18-21-10-16(28-18)27-11-15(24)25/h5-6,9-10,13H,3-4,7-8,11H2,1-2H3,(H,24,25). The molecule has 9 heteroatoms. The van der Waals surface area contributed by atoms with Crippen LogP contribution in [0.1, 0.15) is 31.2 Å². The summed E-state index contributed by atoms with van der Waals surface area (Å²) in [4.78, 5) is 31.3. The Kier molecular flexibility index (Phi) is 6.56. The van der Waals surface area contributed by atoms with Crippen LogP contribution in [0, 0.1) is 12.7 Å². The van der Waals surface area contributed by atoms with Crippen LogP contribution in [-0.2, 0) is 4.79 Å². The fourth-order valence-corrected chi connectivity index (χ4v) is 4.92. The molecule has 0 spiro atoms. The molecule has 1 aromatic heterocycles. The lowest BCUT2D eigenvalue weighted by Crippen LogP contribution is -2.47. The van der Waals surface area contributed by atoms with E-state index in [1.165, 1.54) is 16.2 Å². The van der Waals surface area contributed by atoms with Crippen molar-refractivity contribution in [1.29, 1.82) is 0 Å². The van der Waals surface area contributed by atoms with Gasteiger partial charge in [0.1, 0.15) is 5.82 Å². The van der Waals surface area contributed by atoms with Crippen LogP contribution in [0.25, 0.3) is 0 Å². The number of carboxylic acid groups (broad SMARTS) is 1. The van der Waals surface area contributed by atoms with Gasteiger partial charge in [0.05, 0.1) is 21.8 Å². The Balaban J connectivity index is 1.86. The van der Waals surface area contributed by atoms with E-state index in [2.05, 4.69) is 4.98 Å². The average molecular weight is 424 g/mol. The molecular formula is C19H22FN3O3S2. The number of aromatic nitrogens is 1. The minimum absolute atomic E-state index is 0.0490. The Morgan fingerprint density at radius 1 is 1.36 bits per heavy atom. The number of halogens is 1. The minimum Gasteiger partial charge on any atom is -0.481 e. The fourth-order valence-electron chi connectivity index (χ4n) is 3.29. The molecule has 6 nitrogen and oxygen atoms in total. The van der Waals surface area contributed by atoms with E-state index in [0.29, 0.717) is 20.6 Å². The van der Waals surface area contributed by atoms with Gasteiger partial charge in [-0.3, -0.25) is 14.6 Å². The van der Waals surface area contributed by atoms with Crippen LogP contribution < -0.4 is 9.80 Å². The lowest BCUT2D eigenvalue weighted by molar-refractivity contribution is -0.133. The van der Waals surface area contributed by atoms with Gasteiger partial charge in [-0.25, -0.2) is 14.2 Å². The number of aryl methyl sites for hydroxylation is 1. The third kappa shape index (κ3) is 4.47. The molecule has 0 aliphatic heterocycles. The first-order chi connectivity index (χ1) is 13.4. The molecule has 0 unspecified atom stereocenters. The summed E-state index contributed by atoms with van der Waals surface area (Å²) in [6.45, 7) is 1.69. The van der Waals surface area contributed by atoms with Crippen molar-refractivity contribution >= 4 is 45.9 Å². The van der Waals surface area contributed by atoms with Crippen LogP contribution in [0.5, 0.6) is 0 Å². The van der Waals surface area contributed by atoms with E-state index < -0.39 is 5.97 Å². The number of urea groups is 1. The lowest BCUT2D eigenvalue weighted by atomic mass is 10.1. The lowest BCUT2D eigenvalue weighted by Gasteiger charge is -2.32. The molecule has 1 heterocycles. The van der Waals surface area contributed by atoms with E-state index in [4.69, 9.17) is 5.11 Å². The first-order valence-electron chi connectivity index (χ1n) is 9.01. The molecule has 0 radical (unpaired) electrons. The Labute approximate surface area is 171 Å². The summed E-state index contributed by atoms with van der Waals surface area (Å²) >= 11 is 2.40. The predicted octanol–water partition coefficient (Wildman–Crippen LogP) is 4.77. The number of thiazole rings is 1. The third-order valence-corrected chi connectivity index (χ3v) is 6.96. The topological polar surface area (TPSA) is 73.7 Å². The summed E-state index contributed by atoms with van der Waals surface area (Å²) in [5, 5.41) is 9.26. The van der Waals surface area contributed by atoms with E-state index in [9.17, 15) is 14.0 Å². The molecule has 3 rings (SSSR count). The van der Waals surface area contributed by atoms with Crippen molar-refractivity contribution in [2.24, 2.45) is 0 Å². The molecule has 1 aromatic carbocycles. The molecule has 1 saturated carbocycles. The van der Waals surface area contributed by atoms with Crippen LogP contribution in [0.2, 0.25) is 0 Å². The molecule has 150 valence electrons. The first kappa shape index (κ1) is 20.6. The highest BCUT2D eigenvalue weighted by atomic mass is 32.2. The number of nitrogens with zero attached hydrogens (tertiary/aromatic N) is 3. The minimum atomic E-state index is -0.910. The number of amides is 2. The van der Waals surface area contributed by atoms with Gasteiger partial charge >= 0.3 is 12.0 Å². The van der Waals surface area contributed by atoms with Crippen molar-refractivity contribution in [3.63, 3.8) is 0 Å². The molecule has 0 saturated heterocycles. The van der Waals surface area contributed by atoms with E-state index in [-0.39, 0.29) is 23.6 Å². The molecule has 1 fully saturated rings. The number of carboxylic acids is 1. The summed E-state index contributed by atoms with van der Waals surface area (Å²) in [6.07, 6.45) is 5.26. The van der Waals surface area contributed by atoms with E-state index in [1.807, 2.05) is 0 Å². The smallest absolute Gasteiger partial charge is 0.330 e. The highest BCUT2D eigenvalue weighted by Crippen LogP contribution is 2.34. The molecule has 1 N–H and O–H groups in total.